The summed E-state index contributed by atoms with van der Waals surface area (Å²) in [6.07, 6.45) is 0. The SMILES string of the molecule is Cc1ccccc1CN(C)Cc1cc(O)ccc1Cl. The molecule has 0 atom stereocenters. The zero-order valence-electron chi connectivity index (χ0n) is 11.2. The lowest BCUT2D eigenvalue weighted by Gasteiger charge is -2.19. The number of rotatable bonds is 4. The summed E-state index contributed by atoms with van der Waals surface area (Å²) < 4.78 is 0. The monoisotopic (exact) mass is 275 g/mol. The Morgan fingerprint density at radius 3 is 2.47 bits per heavy atom. The smallest absolute Gasteiger partial charge is 0.116 e. The highest BCUT2D eigenvalue weighted by atomic mass is 35.5. The lowest BCUT2D eigenvalue weighted by atomic mass is 10.1. The van der Waals surface area contributed by atoms with Crippen molar-refractivity contribution in [2.24, 2.45) is 0 Å². The van der Waals surface area contributed by atoms with Gasteiger partial charge in [0.1, 0.15) is 5.75 Å². The molecule has 0 aliphatic carbocycles. The van der Waals surface area contributed by atoms with Crippen LogP contribution < -0.4 is 0 Å². The molecule has 0 saturated heterocycles. The Kier molecular flexibility index (Phi) is 4.46. The van der Waals surface area contributed by atoms with Crippen LogP contribution in [0.5, 0.6) is 5.75 Å². The first-order chi connectivity index (χ1) is 9.06. The van der Waals surface area contributed by atoms with E-state index in [0.29, 0.717) is 11.6 Å². The molecule has 2 nitrogen and oxygen atoms in total. The van der Waals surface area contributed by atoms with Crippen LogP contribution in [0.15, 0.2) is 42.5 Å². The van der Waals surface area contributed by atoms with Crippen LogP contribution in [0, 0.1) is 6.92 Å². The maximum atomic E-state index is 9.51. The van der Waals surface area contributed by atoms with Gasteiger partial charge in [-0.15, -0.1) is 0 Å². The molecule has 2 aromatic carbocycles. The van der Waals surface area contributed by atoms with Crippen molar-refractivity contribution in [1.29, 1.82) is 0 Å². The molecule has 0 unspecified atom stereocenters. The van der Waals surface area contributed by atoms with Crippen molar-refractivity contribution in [3.8, 4) is 5.75 Å². The van der Waals surface area contributed by atoms with Gasteiger partial charge in [0.15, 0.2) is 0 Å². The van der Waals surface area contributed by atoms with Crippen molar-refractivity contribution >= 4 is 11.6 Å². The minimum Gasteiger partial charge on any atom is -0.508 e. The van der Waals surface area contributed by atoms with Gasteiger partial charge in [-0.3, -0.25) is 4.90 Å². The van der Waals surface area contributed by atoms with Crippen LogP contribution in [0.1, 0.15) is 16.7 Å². The molecule has 0 aliphatic rings. The molecule has 0 radical (unpaired) electrons. The average molecular weight is 276 g/mol. The second kappa shape index (κ2) is 6.09. The standard InChI is InChI=1S/C16H18ClNO/c1-12-5-3-4-6-13(12)10-18(2)11-14-9-15(19)7-8-16(14)17/h3-9,19H,10-11H2,1-2H3. The number of benzene rings is 2. The molecule has 19 heavy (non-hydrogen) atoms. The predicted molar refractivity (Wildman–Crippen MR) is 79.5 cm³/mol. The third-order valence-corrected chi connectivity index (χ3v) is 3.54. The van der Waals surface area contributed by atoms with Gasteiger partial charge in [0.05, 0.1) is 0 Å². The van der Waals surface area contributed by atoms with Crippen molar-refractivity contribution in [2.45, 2.75) is 20.0 Å². The molecule has 0 heterocycles. The van der Waals surface area contributed by atoms with Gasteiger partial charge in [0, 0.05) is 18.1 Å². The van der Waals surface area contributed by atoms with Crippen molar-refractivity contribution in [3.63, 3.8) is 0 Å². The maximum absolute atomic E-state index is 9.51. The van der Waals surface area contributed by atoms with E-state index in [-0.39, 0.29) is 5.75 Å². The summed E-state index contributed by atoms with van der Waals surface area (Å²) in [7, 11) is 2.05. The number of hydrogen-bond donors (Lipinski definition) is 1. The number of hydrogen-bond acceptors (Lipinski definition) is 2. The molecular formula is C16H18ClNO. The van der Waals surface area contributed by atoms with Crippen molar-refractivity contribution in [3.05, 3.63) is 64.2 Å². The van der Waals surface area contributed by atoms with E-state index in [9.17, 15) is 5.11 Å². The van der Waals surface area contributed by atoms with Crippen LogP contribution in [0.4, 0.5) is 0 Å². The van der Waals surface area contributed by atoms with E-state index in [1.807, 2.05) is 13.1 Å². The van der Waals surface area contributed by atoms with Gasteiger partial charge in [-0.1, -0.05) is 35.9 Å². The molecule has 100 valence electrons. The molecule has 0 spiro atoms. The van der Waals surface area contributed by atoms with Gasteiger partial charge in [-0.25, -0.2) is 0 Å². The normalized spacial score (nSPS) is 10.9. The quantitative estimate of drug-likeness (QED) is 0.912. The first kappa shape index (κ1) is 13.9. The first-order valence-electron chi connectivity index (χ1n) is 6.26. The number of nitrogens with zero attached hydrogens (tertiary/aromatic N) is 1. The lowest BCUT2D eigenvalue weighted by Crippen LogP contribution is -2.18. The fourth-order valence-corrected chi connectivity index (χ4v) is 2.28. The topological polar surface area (TPSA) is 23.5 Å². The highest BCUT2D eigenvalue weighted by Gasteiger charge is 2.07. The summed E-state index contributed by atoms with van der Waals surface area (Å²) in [5.74, 6) is 0.253. The fraction of sp³-hybridized carbons (Fsp3) is 0.250. The minimum atomic E-state index is 0.253. The van der Waals surface area contributed by atoms with Gasteiger partial charge in [0.2, 0.25) is 0 Å². The van der Waals surface area contributed by atoms with Gasteiger partial charge in [0.25, 0.3) is 0 Å². The largest absolute Gasteiger partial charge is 0.508 e. The van der Waals surface area contributed by atoms with Gasteiger partial charge in [-0.2, -0.15) is 0 Å². The zero-order valence-corrected chi connectivity index (χ0v) is 12.0. The van der Waals surface area contributed by atoms with E-state index in [1.54, 1.807) is 18.2 Å². The van der Waals surface area contributed by atoms with Gasteiger partial charge >= 0.3 is 0 Å². The van der Waals surface area contributed by atoms with Gasteiger partial charge < -0.3 is 5.11 Å². The molecular weight excluding hydrogens is 258 g/mol. The molecule has 3 heteroatoms. The summed E-state index contributed by atoms with van der Waals surface area (Å²) in [4.78, 5) is 2.18. The van der Waals surface area contributed by atoms with Crippen molar-refractivity contribution in [1.82, 2.24) is 4.90 Å². The highest BCUT2D eigenvalue weighted by Crippen LogP contribution is 2.23. The Hall–Kier alpha value is -1.51. The summed E-state index contributed by atoms with van der Waals surface area (Å²) >= 11 is 6.14. The molecule has 0 bridgehead atoms. The van der Waals surface area contributed by atoms with Crippen LogP contribution >= 0.6 is 11.6 Å². The number of phenols is 1. The van der Waals surface area contributed by atoms with Crippen LogP contribution in [0.25, 0.3) is 0 Å². The summed E-state index contributed by atoms with van der Waals surface area (Å²) in [5, 5.41) is 10.2. The van der Waals surface area contributed by atoms with E-state index >= 15 is 0 Å². The van der Waals surface area contributed by atoms with Crippen LogP contribution in [0.3, 0.4) is 0 Å². The van der Waals surface area contributed by atoms with Gasteiger partial charge in [-0.05, 0) is 48.9 Å². The Balaban J connectivity index is 2.07. The molecule has 0 aromatic heterocycles. The number of aromatic hydroxyl groups is 1. The van der Waals surface area contributed by atoms with Crippen molar-refractivity contribution in [2.75, 3.05) is 7.05 Å². The first-order valence-corrected chi connectivity index (χ1v) is 6.64. The summed E-state index contributed by atoms with van der Waals surface area (Å²) in [6.45, 7) is 3.69. The fourth-order valence-electron chi connectivity index (χ4n) is 2.11. The molecule has 0 fully saturated rings. The third-order valence-electron chi connectivity index (χ3n) is 3.17. The second-order valence-corrected chi connectivity index (χ2v) is 5.28. The van der Waals surface area contributed by atoms with Crippen LogP contribution in [0.2, 0.25) is 5.02 Å². The third kappa shape index (κ3) is 3.72. The minimum absolute atomic E-state index is 0.253. The van der Waals surface area contributed by atoms with Crippen LogP contribution in [-0.4, -0.2) is 17.1 Å². The summed E-state index contributed by atoms with van der Waals surface area (Å²) in [6, 6.07) is 13.4. The molecule has 1 N–H and O–H groups in total. The number of halogens is 1. The molecule has 0 amide bonds. The second-order valence-electron chi connectivity index (χ2n) is 4.87. The van der Waals surface area contributed by atoms with E-state index in [0.717, 1.165) is 12.1 Å². The summed E-state index contributed by atoms with van der Waals surface area (Å²) in [5.41, 5.74) is 3.54. The predicted octanol–water partition coefficient (Wildman–Crippen LogP) is 3.99. The van der Waals surface area contributed by atoms with Crippen molar-refractivity contribution < 1.29 is 5.11 Å². The van der Waals surface area contributed by atoms with E-state index in [2.05, 4.69) is 30.0 Å². The van der Waals surface area contributed by atoms with E-state index < -0.39 is 0 Å². The Morgan fingerprint density at radius 1 is 1.05 bits per heavy atom. The van der Waals surface area contributed by atoms with E-state index in [1.165, 1.54) is 11.1 Å². The Labute approximate surface area is 119 Å². The van der Waals surface area contributed by atoms with Crippen LogP contribution in [-0.2, 0) is 13.1 Å². The molecule has 0 saturated carbocycles. The highest BCUT2D eigenvalue weighted by molar-refractivity contribution is 6.31. The van der Waals surface area contributed by atoms with E-state index in [4.69, 9.17) is 11.6 Å². The lowest BCUT2D eigenvalue weighted by molar-refractivity contribution is 0.318. The number of aryl methyl sites for hydroxylation is 1. The maximum Gasteiger partial charge on any atom is 0.116 e. The molecule has 2 rings (SSSR count). The average Bonchev–Trinajstić information content (AvgIpc) is 2.37. The Morgan fingerprint density at radius 2 is 1.74 bits per heavy atom. The number of phenolic OH excluding ortho intramolecular Hbond substituents is 1. The zero-order chi connectivity index (χ0) is 13.8. The molecule has 0 aliphatic heterocycles. The Bertz CT molecular complexity index is 568. The molecule has 2 aromatic rings.